The summed E-state index contributed by atoms with van der Waals surface area (Å²) in [5.41, 5.74) is -4.68. The van der Waals surface area contributed by atoms with Gasteiger partial charge in [-0.25, -0.2) is 13.6 Å². The molecule has 0 radical (unpaired) electrons. The fourth-order valence-electron chi connectivity index (χ4n) is 2.45. The highest BCUT2D eigenvalue weighted by atomic mass is 19.2. The number of halogens is 3. The molecule has 7 nitrogen and oxygen atoms in total. The van der Waals surface area contributed by atoms with Crippen LogP contribution in [0, 0.1) is 27.6 Å². The number of carboxylic acid groups (broad SMARTS) is 1. The number of nitro benzene ring substituents is 1. The third kappa shape index (κ3) is 2.05. The molecule has 2 aromatic rings. The highest BCUT2D eigenvalue weighted by Gasteiger charge is 2.36. The number of hydrogen-bond acceptors (Lipinski definition) is 4. The van der Waals surface area contributed by atoms with Crippen LogP contribution in [0.15, 0.2) is 11.0 Å². The summed E-state index contributed by atoms with van der Waals surface area (Å²) in [5, 5.41) is 19.0. The first-order valence-electron chi connectivity index (χ1n) is 6.38. The van der Waals surface area contributed by atoms with E-state index in [1.807, 2.05) is 0 Å². The van der Waals surface area contributed by atoms with Crippen LogP contribution in [-0.2, 0) is 0 Å². The average molecular weight is 328 g/mol. The minimum atomic E-state index is -2.14. The molecule has 3 rings (SSSR count). The van der Waals surface area contributed by atoms with E-state index in [4.69, 9.17) is 5.11 Å². The SMILES string of the molecule is O=C(O)c1cn(C2CC2)c2c(F)c(F)c(F)c([N+](=O)[O-])c2c1=O. The van der Waals surface area contributed by atoms with Crippen LogP contribution in [0.1, 0.15) is 29.2 Å². The largest absolute Gasteiger partial charge is 0.477 e. The predicted octanol–water partition coefficient (Wildman–Crippen LogP) is 2.36. The normalized spacial score (nSPS) is 14.2. The average Bonchev–Trinajstić information content (AvgIpc) is 3.29. The number of hydrogen-bond donors (Lipinski definition) is 1. The molecule has 1 aliphatic carbocycles. The third-order valence-electron chi connectivity index (χ3n) is 3.63. The monoisotopic (exact) mass is 328 g/mol. The van der Waals surface area contributed by atoms with Crippen molar-refractivity contribution in [3.05, 3.63) is 49.5 Å². The van der Waals surface area contributed by atoms with E-state index < -0.39 is 62.0 Å². The molecule has 0 spiro atoms. The molecule has 0 amide bonds. The Balaban J connectivity index is 2.65. The fraction of sp³-hybridized carbons (Fsp3) is 0.231. The molecule has 0 unspecified atom stereocenters. The van der Waals surface area contributed by atoms with Gasteiger partial charge in [0.15, 0.2) is 5.82 Å². The van der Waals surface area contributed by atoms with Crippen molar-refractivity contribution in [1.82, 2.24) is 4.57 Å². The second-order valence-electron chi connectivity index (χ2n) is 5.09. The number of rotatable bonds is 3. The summed E-state index contributed by atoms with van der Waals surface area (Å²) in [6.07, 6.45) is 1.78. The second-order valence-corrected chi connectivity index (χ2v) is 5.09. The summed E-state index contributed by atoms with van der Waals surface area (Å²) in [5.74, 6) is -7.68. The van der Waals surface area contributed by atoms with Crippen molar-refractivity contribution in [2.75, 3.05) is 0 Å². The zero-order chi connectivity index (χ0) is 17.0. The van der Waals surface area contributed by atoms with Crippen molar-refractivity contribution in [2.24, 2.45) is 0 Å². The Morgan fingerprint density at radius 1 is 1.26 bits per heavy atom. The van der Waals surface area contributed by atoms with Gasteiger partial charge in [-0.2, -0.15) is 4.39 Å². The molecule has 23 heavy (non-hydrogen) atoms. The van der Waals surface area contributed by atoms with Gasteiger partial charge in [0.2, 0.25) is 17.1 Å². The van der Waals surface area contributed by atoms with Crippen molar-refractivity contribution in [1.29, 1.82) is 0 Å². The number of carbonyl (C=O) groups is 1. The van der Waals surface area contributed by atoms with Crippen molar-refractivity contribution in [3.8, 4) is 0 Å². The van der Waals surface area contributed by atoms with Crippen molar-refractivity contribution in [2.45, 2.75) is 18.9 Å². The first-order valence-corrected chi connectivity index (χ1v) is 6.38. The highest BCUT2D eigenvalue weighted by Crippen LogP contribution is 2.40. The van der Waals surface area contributed by atoms with E-state index in [-0.39, 0.29) is 0 Å². The Labute approximate surface area is 124 Å². The second kappa shape index (κ2) is 4.80. The highest BCUT2D eigenvalue weighted by molar-refractivity contribution is 5.96. The third-order valence-corrected chi connectivity index (χ3v) is 3.63. The van der Waals surface area contributed by atoms with Gasteiger partial charge < -0.3 is 9.67 Å². The first kappa shape index (κ1) is 15.0. The standard InChI is InChI=1S/C13H7F3N2O5/c14-7-8(15)10-6(11(9(7)16)18(22)23)12(19)5(13(20)21)3-17(10)4-1-2-4/h3-4H,1-2H2,(H,20,21). The zero-order valence-electron chi connectivity index (χ0n) is 11.2. The molecule has 0 saturated heterocycles. The lowest BCUT2D eigenvalue weighted by atomic mass is 10.1. The summed E-state index contributed by atoms with van der Waals surface area (Å²) in [6, 6.07) is -0.435. The minimum Gasteiger partial charge on any atom is -0.477 e. The van der Waals surface area contributed by atoms with Crippen LogP contribution in [0.5, 0.6) is 0 Å². The number of carboxylic acids is 1. The molecule has 1 saturated carbocycles. The molecule has 0 atom stereocenters. The van der Waals surface area contributed by atoms with Gasteiger partial charge in [0.05, 0.1) is 10.4 Å². The molecule has 0 aliphatic heterocycles. The van der Waals surface area contributed by atoms with E-state index >= 15 is 0 Å². The number of benzene rings is 1. The first-order chi connectivity index (χ1) is 10.8. The van der Waals surface area contributed by atoms with Gasteiger partial charge in [0.1, 0.15) is 10.9 Å². The van der Waals surface area contributed by atoms with E-state index in [1.165, 1.54) is 0 Å². The van der Waals surface area contributed by atoms with Gasteiger partial charge in [-0.1, -0.05) is 0 Å². The Hall–Kier alpha value is -2.91. The molecular weight excluding hydrogens is 321 g/mol. The lowest BCUT2D eigenvalue weighted by Crippen LogP contribution is -2.21. The summed E-state index contributed by atoms with van der Waals surface area (Å²) >= 11 is 0. The summed E-state index contributed by atoms with van der Waals surface area (Å²) in [4.78, 5) is 32.9. The predicted molar refractivity (Wildman–Crippen MR) is 70.0 cm³/mol. The Kier molecular flexibility index (Phi) is 3.13. The number of aromatic nitrogens is 1. The quantitative estimate of drug-likeness (QED) is 0.529. The van der Waals surface area contributed by atoms with E-state index in [1.54, 1.807) is 0 Å². The van der Waals surface area contributed by atoms with E-state index in [2.05, 4.69) is 0 Å². The van der Waals surface area contributed by atoms with Crippen LogP contribution in [0.3, 0.4) is 0 Å². The number of nitro groups is 1. The maximum absolute atomic E-state index is 14.1. The van der Waals surface area contributed by atoms with Gasteiger partial charge in [-0.05, 0) is 12.8 Å². The number of fused-ring (bicyclic) bond motifs is 1. The Morgan fingerprint density at radius 3 is 2.35 bits per heavy atom. The van der Waals surface area contributed by atoms with Gasteiger partial charge in [-0.3, -0.25) is 14.9 Å². The maximum atomic E-state index is 14.1. The molecule has 1 aromatic heterocycles. The van der Waals surface area contributed by atoms with Crippen LogP contribution in [0.4, 0.5) is 18.9 Å². The van der Waals surface area contributed by atoms with Crippen molar-refractivity contribution < 1.29 is 28.0 Å². The van der Waals surface area contributed by atoms with Crippen LogP contribution < -0.4 is 5.43 Å². The van der Waals surface area contributed by atoms with E-state index in [0.717, 1.165) is 10.8 Å². The topological polar surface area (TPSA) is 102 Å². The van der Waals surface area contributed by atoms with Crippen LogP contribution in [-0.4, -0.2) is 20.6 Å². The van der Waals surface area contributed by atoms with Crippen molar-refractivity contribution >= 4 is 22.6 Å². The summed E-state index contributed by atoms with van der Waals surface area (Å²) in [6.45, 7) is 0. The molecule has 0 bridgehead atoms. The minimum absolute atomic E-state index is 0.435. The van der Waals surface area contributed by atoms with Crippen molar-refractivity contribution in [3.63, 3.8) is 0 Å². The molecule has 120 valence electrons. The zero-order valence-corrected chi connectivity index (χ0v) is 11.2. The fourth-order valence-corrected chi connectivity index (χ4v) is 2.45. The molecule has 1 aromatic carbocycles. The molecule has 1 N–H and O–H groups in total. The molecule has 1 fully saturated rings. The van der Waals surface area contributed by atoms with Gasteiger partial charge >= 0.3 is 11.7 Å². The molecule has 10 heteroatoms. The van der Waals surface area contributed by atoms with E-state index in [9.17, 15) is 32.9 Å². The van der Waals surface area contributed by atoms with Crippen LogP contribution in [0.25, 0.3) is 10.9 Å². The smallest absolute Gasteiger partial charge is 0.341 e. The molecule has 1 heterocycles. The Bertz CT molecular complexity index is 949. The lowest BCUT2D eigenvalue weighted by Gasteiger charge is -2.13. The van der Waals surface area contributed by atoms with Gasteiger partial charge in [0.25, 0.3) is 0 Å². The van der Waals surface area contributed by atoms with Gasteiger partial charge in [-0.15, -0.1) is 0 Å². The summed E-state index contributed by atoms with van der Waals surface area (Å²) < 4.78 is 42.5. The van der Waals surface area contributed by atoms with Crippen LogP contribution in [0.2, 0.25) is 0 Å². The number of nitrogens with zero attached hydrogens (tertiary/aromatic N) is 2. The lowest BCUT2D eigenvalue weighted by molar-refractivity contribution is -0.386. The Morgan fingerprint density at radius 2 is 1.87 bits per heavy atom. The van der Waals surface area contributed by atoms with E-state index in [0.29, 0.717) is 12.8 Å². The summed E-state index contributed by atoms with van der Waals surface area (Å²) in [7, 11) is 0. The molecule has 1 aliphatic rings. The number of aromatic carboxylic acids is 1. The van der Waals surface area contributed by atoms with Crippen LogP contribution >= 0.6 is 0 Å². The number of pyridine rings is 1. The van der Waals surface area contributed by atoms with Gasteiger partial charge in [0, 0.05) is 12.2 Å². The molecular formula is C13H7F3N2O5. The maximum Gasteiger partial charge on any atom is 0.341 e.